The van der Waals surface area contributed by atoms with Gasteiger partial charge < -0.3 is 20.7 Å². The van der Waals surface area contributed by atoms with Gasteiger partial charge in [0.1, 0.15) is 17.2 Å². The number of hydrogen-bond acceptors (Lipinski definition) is 6. The molecule has 0 saturated carbocycles. The van der Waals surface area contributed by atoms with Crippen LogP contribution in [0.1, 0.15) is 26.0 Å². The number of aromatic nitrogens is 2. The molecule has 1 saturated heterocycles. The molecule has 3 N–H and O–H groups in total. The number of likely N-dealkylation sites (N-methyl/N-ethyl adjacent to an activating group) is 1. The molecular formula is C18H24ClN5O. The fraction of sp³-hybridized carbons (Fsp3) is 0.444. The minimum atomic E-state index is -0.651. The van der Waals surface area contributed by atoms with E-state index in [4.69, 9.17) is 22.1 Å². The van der Waals surface area contributed by atoms with Gasteiger partial charge in [-0.15, -0.1) is 0 Å². The van der Waals surface area contributed by atoms with Gasteiger partial charge >= 0.3 is 0 Å². The van der Waals surface area contributed by atoms with Crippen LogP contribution in [0.3, 0.4) is 0 Å². The molecule has 1 atom stereocenters. The average molecular weight is 362 g/mol. The molecule has 1 aromatic heterocycles. The first-order valence-corrected chi connectivity index (χ1v) is 8.77. The SMILES string of the molecule is CN[C@@H]1CCN(c2cc(C(C)(C)Oc3ccc(Cl)cc3)nc(N)n2)C1. The number of nitrogens with zero attached hydrogens (tertiary/aromatic N) is 3. The summed E-state index contributed by atoms with van der Waals surface area (Å²) in [4.78, 5) is 11.0. The van der Waals surface area contributed by atoms with Crippen LogP contribution in [0.25, 0.3) is 0 Å². The molecule has 1 aliphatic rings. The van der Waals surface area contributed by atoms with Crippen LogP contribution in [0.5, 0.6) is 5.75 Å². The van der Waals surface area contributed by atoms with Crippen molar-refractivity contribution in [1.29, 1.82) is 0 Å². The summed E-state index contributed by atoms with van der Waals surface area (Å²) in [5.41, 5.74) is 6.06. The van der Waals surface area contributed by atoms with Crippen LogP contribution in [-0.4, -0.2) is 36.1 Å². The van der Waals surface area contributed by atoms with E-state index in [0.29, 0.717) is 11.1 Å². The Morgan fingerprint density at radius 1 is 1.28 bits per heavy atom. The molecule has 6 nitrogen and oxygen atoms in total. The van der Waals surface area contributed by atoms with E-state index < -0.39 is 5.60 Å². The third-order valence-corrected chi connectivity index (χ3v) is 4.71. The fourth-order valence-electron chi connectivity index (χ4n) is 2.98. The van der Waals surface area contributed by atoms with Crippen molar-refractivity contribution in [2.45, 2.75) is 31.9 Å². The second-order valence-electron chi connectivity index (χ2n) is 6.76. The summed E-state index contributed by atoms with van der Waals surface area (Å²) < 4.78 is 6.12. The molecule has 25 heavy (non-hydrogen) atoms. The normalized spacial score (nSPS) is 17.8. The van der Waals surface area contributed by atoms with E-state index in [1.165, 1.54) is 0 Å². The van der Waals surface area contributed by atoms with Crippen LogP contribution in [-0.2, 0) is 5.60 Å². The fourth-order valence-corrected chi connectivity index (χ4v) is 3.10. The standard InChI is InChI=1S/C18H24ClN5O/c1-18(2,25-14-6-4-12(19)5-7-14)15-10-16(23-17(20)22-15)24-9-8-13(11-24)21-3/h4-7,10,13,21H,8-9,11H2,1-3H3,(H2,20,22,23)/t13-/m1/s1. The van der Waals surface area contributed by atoms with E-state index in [1.807, 2.05) is 39.1 Å². The zero-order valence-electron chi connectivity index (χ0n) is 14.8. The Labute approximate surface area is 153 Å². The van der Waals surface area contributed by atoms with E-state index >= 15 is 0 Å². The van der Waals surface area contributed by atoms with Crippen molar-refractivity contribution in [2.75, 3.05) is 30.8 Å². The van der Waals surface area contributed by atoms with Crippen molar-refractivity contribution in [2.24, 2.45) is 0 Å². The van der Waals surface area contributed by atoms with Crippen molar-refractivity contribution < 1.29 is 4.74 Å². The lowest BCUT2D eigenvalue weighted by Gasteiger charge is -2.27. The van der Waals surface area contributed by atoms with Gasteiger partial charge in [0.05, 0.1) is 5.69 Å². The maximum atomic E-state index is 6.12. The monoisotopic (exact) mass is 361 g/mol. The van der Waals surface area contributed by atoms with Gasteiger partial charge in [-0.25, -0.2) is 4.98 Å². The molecular weight excluding hydrogens is 338 g/mol. The molecule has 2 heterocycles. The molecule has 0 bridgehead atoms. The number of hydrogen-bond donors (Lipinski definition) is 2. The van der Waals surface area contributed by atoms with Gasteiger partial charge in [-0.3, -0.25) is 0 Å². The van der Waals surface area contributed by atoms with Crippen molar-refractivity contribution in [3.8, 4) is 5.75 Å². The Morgan fingerprint density at radius 2 is 2.00 bits per heavy atom. The summed E-state index contributed by atoms with van der Waals surface area (Å²) >= 11 is 5.93. The minimum Gasteiger partial charge on any atom is -0.482 e. The molecule has 3 rings (SSSR count). The van der Waals surface area contributed by atoms with Gasteiger partial charge in [0, 0.05) is 30.2 Å². The number of ether oxygens (including phenoxy) is 1. The molecule has 0 unspecified atom stereocenters. The highest BCUT2D eigenvalue weighted by Gasteiger charge is 2.28. The predicted molar refractivity (Wildman–Crippen MR) is 101 cm³/mol. The Morgan fingerprint density at radius 3 is 2.64 bits per heavy atom. The van der Waals surface area contributed by atoms with Crippen LogP contribution >= 0.6 is 11.6 Å². The number of nitrogens with two attached hydrogens (primary N) is 1. The Kier molecular flexibility index (Phi) is 5.01. The quantitative estimate of drug-likeness (QED) is 0.852. The van der Waals surface area contributed by atoms with Gasteiger partial charge in [-0.05, 0) is 51.6 Å². The zero-order valence-corrected chi connectivity index (χ0v) is 15.5. The topological polar surface area (TPSA) is 76.3 Å². The van der Waals surface area contributed by atoms with E-state index in [0.717, 1.165) is 36.8 Å². The molecule has 0 spiro atoms. The summed E-state index contributed by atoms with van der Waals surface area (Å²) in [7, 11) is 1.98. The maximum absolute atomic E-state index is 6.12. The van der Waals surface area contributed by atoms with Crippen LogP contribution in [0.2, 0.25) is 5.02 Å². The molecule has 1 aliphatic heterocycles. The van der Waals surface area contributed by atoms with Crippen LogP contribution in [0.15, 0.2) is 30.3 Å². The second kappa shape index (κ2) is 7.06. The van der Waals surface area contributed by atoms with Gasteiger partial charge in [-0.1, -0.05) is 11.6 Å². The molecule has 0 radical (unpaired) electrons. The summed E-state index contributed by atoms with van der Waals surface area (Å²) in [6.07, 6.45) is 1.08. The lowest BCUT2D eigenvalue weighted by molar-refractivity contribution is 0.104. The number of nitrogen functional groups attached to an aromatic ring is 1. The van der Waals surface area contributed by atoms with Gasteiger partial charge in [0.2, 0.25) is 5.95 Å². The van der Waals surface area contributed by atoms with E-state index in [2.05, 4.69) is 20.2 Å². The molecule has 1 fully saturated rings. The van der Waals surface area contributed by atoms with Crippen LogP contribution < -0.4 is 20.7 Å². The van der Waals surface area contributed by atoms with Gasteiger partial charge in [0.25, 0.3) is 0 Å². The van der Waals surface area contributed by atoms with E-state index in [1.54, 1.807) is 12.1 Å². The Hall–Kier alpha value is -2.05. The third kappa shape index (κ3) is 4.14. The van der Waals surface area contributed by atoms with Crippen molar-refractivity contribution >= 4 is 23.4 Å². The number of nitrogens with one attached hydrogen (secondary N) is 1. The lowest BCUT2D eigenvalue weighted by atomic mass is 10.0. The molecule has 1 aromatic carbocycles. The van der Waals surface area contributed by atoms with Crippen molar-refractivity contribution in [1.82, 2.24) is 15.3 Å². The zero-order chi connectivity index (χ0) is 18.0. The average Bonchev–Trinajstić information content (AvgIpc) is 3.05. The first-order valence-electron chi connectivity index (χ1n) is 8.39. The van der Waals surface area contributed by atoms with Crippen LogP contribution in [0.4, 0.5) is 11.8 Å². The first-order chi connectivity index (χ1) is 11.9. The first kappa shape index (κ1) is 17.8. The van der Waals surface area contributed by atoms with Crippen LogP contribution in [0, 0.1) is 0 Å². The third-order valence-electron chi connectivity index (χ3n) is 4.45. The highest BCUT2D eigenvalue weighted by molar-refractivity contribution is 6.30. The minimum absolute atomic E-state index is 0.258. The Bertz CT molecular complexity index is 735. The molecule has 134 valence electrons. The highest BCUT2D eigenvalue weighted by Crippen LogP contribution is 2.30. The van der Waals surface area contributed by atoms with Crippen molar-refractivity contribution in [3.63, 3.8) is 0 Å². The molecule has 0 amide bonds. The second-order valence-corrected chi connectivity index (χ2v) is 7.19. The number of halogens is 1. The molecule has 0 aliphatic carbocycles. The summed E-state index contributed by atoms with van der Waals surface area (Å²) in [6.45, 7) is 5.78. The Balaban J connectivity index is 1.84. The smallest absolute Gasteiger partial charge is 0.222 e. The van der Waals surface area contributed by atoms with Gasteiger partial charge in [0.15, 0.2) is 0 Å². The molecule has 2 aromatic rings. The number of anilines is 2. The van der Waals surface area contributed by atoms with Crippen molar-refractivity contribution in [3.05, 3.63) is 41.0 Å². The summed E-state index contributed by atoms with van der Waals surface area (Å²) in [6, 6.07) is 9.72. The summed E-state index contributed by atoms with van der Waals surface area (Å²) in [5, 5.41) is 3.98. The van der Waals surface area contributed by atoms with E-state index in [-0.39, 0.29) is 5.95 Å². The molecule has 7 heteroatoms. The van der Waals surface area contributed by atoms with E-state index in [9.17, 15) is 0 Å². The number of benzene rings is 1. The lowest BCUT2D eigenvalue weighted by Crippen LogP contribution is -2.31. The predicted octanol–water partition coefficient (Wildman–Crippen LogP) is 2.82. The largest absolute Gasteiger partial charge is 0.482 e. The number of rotatable bonds is 5. The summed E-state index contributed by atoms with van der Waals surface area (Å²) in [5.74, 6) is 1.82. The van der Waals surface area contributed by atoms with Gasteiger partial charge in [-0.2, -0.15) is 4.98 Å². The maximum Gasteiger partial charge on any atom is 0.222 e. The highest BCUT2D eigenvalue weighted by atomic mass is 35.5.